The maximum atomic E-state index is 12.4. The summed E-state index contributed by atoms with van der Waals surface area (Å²) in [7, 11) is 1.57. The van der Waals surface area contributed by atoms with Crippen LogP contribution in [0.4, 0.5) is 5.13 Å². The number of aromatic nitrogens is 2. The van der Waals surface area contributed by atoms with Gasteiger partial charge in [0.15, 0.2) is 5.13 Å². The number of thiazole rings is 1. The summed E-state index contributed by atoms with van der Waals surface area (Å²) in [6.45, 7) is 0. The average molecular weight is 349 g/mol. The van der Waals surface area contributed by atoms with Crippen molar-refractivity contribution < 1.29 is 9.53 Å². The second-order valence-corrected chi connectivity index (χ2v) is 6.33. The molecule has 6 heteroatoms. The van der Waals surface area contributed by atoms with Crippen LogP contribution in [0.3, 0.4) is 0 Å². The number of methoxy groups -OCH3 is 1. The van der Waals surface area contributed by atoms with Gasteiger partial charge in [-0.15, -0.1) is 11.3 Å². The minimum atomic E-state index is -0.210. The van der Waals surface area contributed by atoms with Gasteiger partial charge in [-0.25, -0.2) is 4.98 Å². The fourth-order valence-corrected chi connectivity index (χ4v) is 3.38. The highest BCUT2D eigenvalue weighted by molar-refractivity contribution is 7.14. The molecule has 4 aromatic rings. The zero-order valence-corrected chi connectivity index (χ0v) is 14.3. The van der Waals surface area contributed by atoms with E-state index in [0.717, 1.165) is 22.2 Å². The molecule has 0 saturated heterocycles. The Kier molecular flexibility index (Phi) is 3.95. The summed E-state index contributed by atoms with van der Waals surface area (Å²) >= 11 is 1.40. The molecule has 2 aromatic heterocycles. The third-order valence-electron chi connectivity index (χ3n) is 3.92. The summed E-state index contributed by atoms with van der Waals surface area (Å²) in [4.78, 5) is 20.2. The van der Waals surface area contributed by atoms with E-state index >= 15 is 0 Å². The minimum absolute atomic E-state index is 0.210. The number of aromatic amines is 1. The van der Waals surface area contributed by atoms with Gasteiger partial charge < -0.3 is 9.72 Å². The van der Waals surface area contributed by atoms with E-state index in [4.69, 9.17) is 4.74 Å². The lowest BCUT2D eigenvalue weighted by atomic mass is 10.1. The Balaban J connectivity index is 1.58. The van der Waals surface area contributed by atoms with Crippen LogP contribution in [-0.2, 0) is 0 Å². The molecule has 2 heterocycles. The van der Waals surface area contributed by atoms with Crippen LogP contribution < -0.4 is 10.1 Å². The van der Waals surface area contributed by atoms with Crippen LogP contribution in [0, 0.1) is 0 Å². The van der Waals surface area contributed by atoms with Gasteiger partial charge in [-0.3, -0.25) is 10.1 Å². The topological polar surface area (TPSA) is 67.0 Å². The molecule has 0 bridgehead atoms. The van der Waals surface area contributed by atoms with Crippen molar-refractivity contribution in [1.29, 1.82) is 0 Å². The van der Waals surface area contributed by atoms with Gasteiger partial charge in [0.2, 0.25) is 0 Å². The molecule has 2 aromatic carbocycles. The Hall–Kier alpha value is -3.12. The monoisotopic (exact) mass is 349 g/mol. The van der Waals surface area contributed by atoms with Crippen molar-refractivity contribution in [1.82, 2.24) is 9.97 Å². The van der Waals surface area contributed by atoms with Gasteiger partial charge >= 0.3 is 0 Å². The summed E-state index contributed by atoms with van der Waals surface area (Å²) in [5.74, 6) is 0.435. The van der Waals surface area contributed by atoms with E-state index in [1.165, 1.54) is 11.3 Å². The van der Waals surface area contributed by atoms with Gasteiger partial charge in [0.05, 0.1) is 12.8 Å². The van der Waals surface area contributed by atoms with E-state index in [0.29, 0.717) is 16.4 Å². The van der Waals surface area contributed by atoms with Crippen molar-refractivity contribution in [2.24, 2.45) is 0 Å². The Bertz CT molecular complexity index is 1050. The number of hydrogen-bond acceptors (Lipinski definition) is 4. The van der Waals surface area contributed by atoms with Crippen molar-refractivity contribution in [2.75, 3.05) is 12.4 Å². The van der Waals surface area contributed by atoms with Crippen LogP contribution >= 0.6 is 11.3 Å². The average Bonchev–Trinajstić information content (AvgIpc) is 3.28. The van der Waals surface area contributed by atoms with Gasteiger partial charge in [0, 0.05) is 33.6 Å². The molecule has 4 rings (SSSR count). The number of nitrogens with zero attached hydrogens (tertiary/aromatic N) is 1. The molecule has 0 aliphatic heterocycles. The second-order valence-electron chi connectivity index (χ2n) is 5.47. The highest BCUT2D eigenvalue weighted by atomic mass is 32.1. The molecule has 0 atom stereocenters. The molecule has 0 aliphatic carbocycles. The van der Waals surface area contributed by atoms with Crippen molar-refractivity contribution in [2.45, 2.75) is 0 Å². The number of nitrogens with one attached hydrogen (secondary N) is 2. The van der Waals surface area contributed by atoms with Gasteiger partial charge in [-0.2, -0.15) is 0 Å². The SMILES string of the molecule is COc1cccc(C(=O)Nc2nc(-c3c[nH]c4ccccc34)cs2)c1. The lowest BCUT2D eigenvalue weighted by molar-refractivity contribution is 0.102. The standard InChI is InChI=1S/C19H15N3O2S/c1-24-13-6-4-5-12(9-13)18(23)22-19-21-17(11-25-19)15-10-20-16-8-3-2-7-14(15)16/h2-11,20H,1H3,(H,21,22,23). The number of hydrogen-bond donors (Lipinski definition) is 2. The largest absolute Gasteiger partial charge is 0.497 e. The van der Waals surface area contributed by atoms with Crippen molar-refractivity contribution >= 4 is 33.3 Å². The number of anilines is 1. The zero-order valence-electron chi connectivity index (χ0n) is 13.4. The summed E-state index contributed by atoms with van der Waals surface area (Å²) < 4.78 is 5.15. The Labute approximate surface area is 148 Å². The fraction of sp³-hybridized carbons (Fsp3) is 0.0526. The number of rotatable bonds is 4. The first kappa shape index (κ1) is 15.4. The molecule has 0 saturated carbocycles. The summed E-state index contributed by atoms with van der Waals surface area (Å²) in [5, 5.41) is 6.46. The fourth-order valence-electron chi connectivity index (χ4n) is 2.67. The maximum Gasteiger partial charge on any atom is 0.257 e. The van der Waals surface area contributed by atoms with Gasteiger partial charge in [0.1, 0.15) is 5.75 Å². The van der Waals surface area contributed by atoms with Crippen LogP contribution in [0.1, 0.15) is 10.4 Å². The summed E-state index contributed by atoms with van der Waals surface area (Å²) in [6, 6.07) is 15.1. The first-order valence-corrected chi connectivity index (χ1v) is 8.60. The van der Waals surface area contributed by atoms with E-state index in [-0.39, 0.29) is 5.91 Å². The molecule has 0 aliphatic rings. The van der Waals surface area contributed by atoms with Crippen LogP contribution in [0.5, 0.6) is 5.75 Å². The number of para-hydroxylation sites is 1. The normalized spacial score (nSPS) is 10.8. The van der Waals surface area contributed by atoms with E-state index < -0.39 is 0 Å². The van der Waals surface area contributed by atoms with Crippen LogP contribution in [0.15, 0.2) is 60.1 Å². The predicted molar refractivity (Wildman–Crippen MR) is 100 cm³/mol. The van der Waals surface area contributed by atoms with Crippen LogP contribution in [0.2, 0.25) is 0 Å². The quantitative estimate of drug-likeness (QED) is 0.568. The summed E-state index contributed by atoms with van der Waals surface area (Å²) in [5.41, 5.74) is 3.45. The van der Waals surface area contributed by atoms with E-state index in [1.54, 1.807) is 31.4 Å². The maximum absolute atomic E-state index is 12.4. The smallest absolute Gasteiger partial charge is 0.257 e. The van der Waals surface area contributed by atoms with Crippen molar-refractivity contribution in [3.63, 3.8) is 0 Å². The number of benzene rings is 2. The number of carbonyl (C=O) groups excluding carboxylic acids is 1. The minimum Gasteiger partial charge on any atom is -0.497 e. The molecule has 2 N–H and O–H groups in total. The van der Waals surface area contributed by atoms with E-state index in [1.807, 2.05) is 29.8 Å². The molecule has 0 spiro atoms. The molecule has 5 nitrogen and oxygen atoms in total. The van der Waals surface area contributed by atoms with Gasteiger partial charge in [-0.1, -0.05) is 24.3 Å². The number of carbonyl (C=O) groups is 1. The number of ether oxygens (including phenoxy) is 1. The molecule has 0 unspecified atom stereocenters. The molecular weight excluding hydrogens is 334 g/mol. The molecule has 124 valence electrons. The number of amides is 1. The van der Waals surface area contributed by atoms with E-state index in [9.17, 15) is 4.79 Å². The first-order chi connectivity index (χ1) is 12.2. The Morgan fingerprint density at radius 2 is 2.08 bits per heavy atom. The van der Waals surface area contributed by atoms with Crippen molar-refractivity contribution in [3.8, 4) is 17.0 Å². The van der Waals surface area contributed by atoms with E-state index in [2.05, 4.69) is 21.4 Å². The third kappa shape index (κ3) is 2.99. The Morgan fingerprint density at radius 3 is 2.96 bits per heavy atom. The number of fused-ring (bicyclic) bond motifs is 1. The summed E-state index contributed by atoms with van der Waals surface area (Å²) in [6.07, 6.45) is 1.94. The van der Waals surface area contributed by atoms with Crippen LogP contribution in [0.25, 0.3) is 22.2 Å². The molecule has 0 radical (unpaired) electrons. The molecular formula is C19H15N3O2S. The predicted octanol–water partition coefficient (Wildman–Crippen LogP) is 4.55. The molecule has 0 fully saturated rings. The lowest BCUT2D eigenvalue weighted by Gasteiger charge is -2.04. The van der Waals surface area contributed by atoms with Crippen LogP contribution in [-0.4, -0.2) is 23.0 Å². The zero-order chi connectivity index (χ0) is 17.2. The number of H-pyrrole nitrogens is 1. The highest BCUT2D eigenvalue weighted by Gasteiger charge is 2.13. The highest BCUT2D eigenvalue weighted by Crippen LogP contribution is 2.31. The Morgan fingerprint density at radius 1 is 1.20 bits per heavy atom. The second kappa shape index (κ2) is 6.41. The lowest BCUT2D eigenvalue weighted by Crippen LogP contribution is -2.11. The van der Waals surface area contributed by atoms with Crippen molar-refractivity contribution in [3.05, 3.63) is 65.7 Å². The molecule has 25 heavy (non-hydrogen) atoms. The van der Waals surface area contributed by atoms with Gasteiger partial charge in [0.25, 0.3) is 5.91 Å². The first-order valence-electron chi connectivity index (χ1n) is 7.72. The molecule has 1 amide bonds. The third-order valence-corrected chi connectivity index (χ3v) is 4.68. The van der Waals surface area contributed by atoms with Gasteiger partial charge in [-0.05, 0) is 24.3 Å².